The molecule has 10 heteroatoms. The first-order valence-electron chi connectivity index (χ1n) is 15.6. The van der Waals surface area contributed by atoms with Crippen molar-refractivity contribution in [3.05, 3.63) is 128 Å². The first kappa shape index (κ1) is 32.5. The van der Waals surface area contributed by atoms with Gasteiger partial charge in [0.25, 0.3) is 5.91 Å². The molecule has 4 aromatic rings. The van der Waals surface area contributed by atoms with Gasteiger partial charge in [0.05, 0.1) is 10.3 Å². The Bertz CT molecular complexity index is 2070. The van der Waals surface area contributed by atoms with Crippen LogP contribution in [-0.2, 0) is 21.2 Å². The maximum atomic E-state index is 13.4. The maximum absolute atomic E-state index is 13.4. The van der Waals surface area contributed by atoms with Crippen LogP contribution in [0.25, 0.3) is 17.0 Å². The lowest BCUT2D eigenvalue weighted by atomic mass is 9.79. The lowest BCUT2D eigenvalue weighted by Crippen LogP contribution is -2.25. The van der Waals surface area contributed by atoms with Crippen molar-refractivity contribution in [2.45, 2.75) is 55.9 Å². The summed E-state index contributed by atoms with van der Waals surface area (Å²) in [5, 5.41) is 3.59. The quantitative estimate of drug-likeness (QED) is 0.215. The van der Waals surface area contributed by atoms with Crippen LogP contribution in [0, 0.1) is 0 Å². The minimum atomic E-state index is -3.52. The molecule has 0 unspecified atom stereocenters. The number of benzene rings is 3. The first-order valence-corrected chi connectivity index (χ1v) is 17.9. The van der Waals surface area contributed by atoms with Gasteiger partial charge in [-0.25, -0.2) is 8.42 Å². The zero-order chi connectivity index (χ0) is 33.1. The highest BCUT2D eigenvalue weighted by Gasteiger charge is 2.25. The molecule has 1 saturated heterocycles. The van der Waals surface area contributed by atoms with Crippen LogP contribution < -0.4 is 10.7 Å². The van der Waals surface area contributed by atoms with E-state index in [0.29, 0.717) is 29.6 Å². The van der Waals surface area contributed by atoms with Crippen molar-refractivity contribution >= 4 is 50.3 Å². The van der Waals surface area contributed by atoms with E-state index in [0.717, 1.165) is 56.5 Å². The van der Waals surface area contributed by atoms with Crippen LogP contribution in [0.1, 0.15) is 71.7 Å². The predicted octanol–water partition coefficient (Wildman–Crippen LogP) is 7.03. The average Bonchev–Trinajstić information content (AvgIpc) is 3.45. The number of amides is 2. The van der Waals surface area contributed by atoms with Crippen molar-refractivity contribution in [1.29, 1.82) is 0 Å². The van der Waals surface area contributed by atoms with Crippen molar-refractivity contribution in [2.75, 3.05) is 12.8 Å². The molecule has 0 atom stereocenters. The second-order valence-corrected chi connectivity index (χ2v) is 14.7. The number of allylic oxidation sites excluding steroid dienone is 2. The van der Waals surface area contributed by atoms with Gasteiger partial charge in [-0.15, -0.1) is 0 Å². The van der Waals surface area contributed by atoms with Crippen LogP contribution in [0.4, 0.5) is 0 Å². The molecular formula is C37H35ClN2O6S. The molecule has 0 bridgehead atoms. The van der Waals surface area contributed by atoms with Gasteiger partial charge in [0.15, 0.2) is 21.0 Å². The predicted molar refractivity (Wildman–Crippen MR) is 183 cm³/mol. The second kappa shape index (κ2) is 13.7. The Morgan fingerprint density at radius 3 is 2.45 bits per heavy atom. The maximum Gasteiger partial charge on any atom is 0.291 e. The molecule has 1 aliphatic heterocycles. The van der Waals surface area contributed by atoms with E-state index in [1.807, 2.05) is 35.3 Å². The molecular weight excluding hydrogens is 636 g/mol. The van der Waals surface area contributed by atoms with E-state index >= 15 is 0 Å². The van der Waals surface area contributed by atoms with Gasteiger partial charge in [0, 0.05) is 42.6 Å². The van der Waals surface area contributed by atoms with Gasteiger partial charge in [0.2, 0.25) is 5.91 Å². The van der Waals surface area contributed by atoms with E-state index < -0.39 is 21.2 Å². The van der Waals surface area contributed by atoms with Crippen molar-refractivity contribution < 1.29 is 22.4 Å². The molecule has 1 saturated carbocycles. The number of carbonyl (C=O) groups is 2. The van der Waals surface area contributed by atoms with Crippen molar-refractivity contribution in [1.82, 2.24) is 10.2 Å². The summed E-state index contributed by atoms with van der Waals surface area (Å²) >= 11 is 6.10. The largest absolute Gasteiger partial charge is 0.451 e. The Balaban J connectivity index is 1.23. The number of fused-ring (bicyclic) bond motifs is 1. The summed E-state index contributed by atoms with van der Waals surface area (Å²) in [6, 6.07) is 20.7. The fourth-order valence-electron chi connectivity index (χ4n) is 6.34. The van der Waals surface area contributed by atoms with E-state index in [4.69, 9.17) is 16.0 Å². The lowest BCUT2D eigenvalue weighted by Gasteiger charge is -2.28. The van der Waals surface area contributed by atoms with Gasteiger partial charge in [-0.1, -0.05) is 53.6 Å². The van der Waals surface area contributed by atoms with Crippen LogP contribution >= 0.6 is 11.6 Å². The minimum absolute atomic E-state index is 0.00536. The lowest BCUT2D eigenvalue weighted by molar-refractivity contribution is -0.128. The number of carbonyl (C=O) groups excluding carboxylic acids is 2. The second-order valence-electron chi connectivity index (χ2n) is 12.2. The van der Waals surface area contributed by atoms with Crippen LogP contribution in [-0.4, -0.2) is 37.9 Å². The van der Waals surface area contributed by atoms with Crippen molar-refractivity contribution in [3.8, 4) is 0 Å². The van der Waals surface area contributed by atoms with Crippen LogP contribution in [0.15, 0.2) is 104 Å². The molecule has 0 spiro atoms. The number of nitrogens with one attached hydrogen (secondary N) is 1. The third-order valence-electron chi connectivity index (χ3n) is 8.82. The molecule has 1 aliphatic carbocycles. The minimum Gasteiger partial charge on any atom is -0.451 e. The van der Waals surface area contributed by atoms with Gasteiger partial charge in [-0.2, -0.15) is 0 Å². The topological polar surface area (TPSA) is 114 Å². The number of rotatable bonds is 8. The highest BCUT2D eigenvalue weighted by molar-refractivity contribution is 7.90. The average molecular weight is 671 g/mol. The van der Waals surface area contributed by atoms with E-state index in [9.17, 15) is 22.8 Å². The number of hydrogen-bond donors (Lipinski definition) is 1. The molecule has 1 aromatic heterocycles. The Morgan fingerprint density at radius 2 is 1.74 bits per heavy atom. The number of halogens is 1. The molecule has 47 heavy (non-hydrogen) atoms. The zero-order valence-corrected chi connectivity index (χ0v) is 27.6. The smallest absolute Gasteiger partial charge is 0.291 e. The number of sulfone groups is 1. The Morgan fingerprint density at radius 1 is 1.00 bits per heavy atom. The Hall–Kier alpha value is -4.47. The summed E-state index contributed by atoms with van der Waals surface area (Å²) in [4.78, 5) is 40.6. The monoisotopic (exact) mass is 670 g/mol. The van der Waals surface area contributed by atoms with Crippen molar-refractivity contribution in [3.63, 3.8) is 0 Å². The van der Waals surface area contributed by atoms with E-state index in [2.05, 4.69) is 23.5 Å². The van der Waals surface area contributed by atoms with E-state index in [1.165, 1.54) is 34.9 Å². The molecule has 1 N–H and O–H groups in total. The highest BCUT2D eigenvalue weighted by Crippen LogP contribution is 2.38. The van der Waals surface area contributed by atoms with Crippen LogP contribution in [0.2, 0.25) is 5.02 Å². The summed E-state index contributed by atoms with van der Waals surface area (Å²) in [6.07, 6.45) is 9.98. The van der Waals surface area contributed by atoms with E-state index in [-0.39, 0.29) is 27.5 Å². The molecule has 2 heterocycles. The van der Waals surface area contributed by atoms with Crippen LogP contribution in [0.3, 0.4) is 0 Å². The normalized spacial score (nSPS) is 17.3. The van der Waals surface area contributed by atoms with Gasteiger partial charge in [-0.3, -0.25) is 14.4 Å². The Kier molecular flexibility index (Phi) is 9.47. The van der Waals surface area contributed by atoms with Gasteiger partial charge < -0.3 is 14.6 Å². The summed E-state index contributed by atoms with van der Waals surface area (Å²) in [5.74, 6) is -0.201. The summed E-state index contributed by atoms with van der Waals surface area (Å²) in [6.45, 7) is 1.46. The molecule has 0 radical (unpaired) electrons. The third-order valence-corrected chi connectivity index (χ3v) is 10.2. The zero-order valence-electron chi connectivity index (χ0n) is 26.0. The number of hydrogen-bond acceptors (Lipinski definition) is 6. The fourth-order valence-corrected chi connectivity index (χ4v) is 7.11. The number of nitrogens with zero attached hydrogens (tertiary/aromatic N) is 1. The van der Waals surface area contributed by atoms with Gasteiger partial charge in [-0.05, 0) is 97.2 Å². The molecule has 8 nitrogen and oxygen atoms in total. The molecule has 3 aromatic carbocycles. The number of likely N-dealkylation sites (tertiary alicyclic amines) is 1. The van der Waals surface area contributed by atoms with Gasteiger partial charge >= 0.3 is 0 Å². The van der Waals surface area contributed by atoms with E-state index in [1.54, 1.807) is 12.1 Å². The first-order chi connectivity index (χ1) is 22.5. The fraction of sp³-hybridized carbons (Fsp3) is 0.270. The molecule has 242 valence electrons. The standard InChI is InChI=1S/C37H35ClN2O6S/c1-47(44,45)30-16-17-34-32(21-30)33(41)22-35(46-34)37(43)39-29(20-25-10-14-28(38)15-11-25)19-24-8-12-26(13-9-24)31-6-3-2-5-27(31)23-40-18-4-7-36(40)42/h2-3,5-6,10-11,14-17,19-22,26H,4,7-9,12-13,18,23H2,1H3,(H,39,43)/b24-19?,29-20-. The molecule has 2 amide bonds. The summed E-state index contributed by atoms with van der Waals surface area (Å²) < 4.78 is 29.7. The summed E-state index contributed by atoms with van der Waals surface area (Å²) in [7, 11) is -3.52. The third kappa shape index (κ3) is 7.75. The Labute approximate surface area is 278 Å². The molecule has 2 fully saturated rings. The molecule has 6 rings (SSSR count). The SMILES string of the molecule is CS(=O)(=O)c1ccc2oc(C(=O)N/C(C=C3CCC(c4ccccc4CN4CCCC4=O)CC3)=C\c3ccc(Cl)cc3)cc(=O)c2c1. The molecule has 2 aliphatic rings. The van der Waals surface area contributed by atoms with Crippen LogP contribution in [0.5, 0.6) is 0 Å². The summed E-state index contributed by atoms with van der Waals surface area (Å²) in [5.41, 5.74) is 4.65. The van der Waals surface area contributed by atoms with Crippen molar-refractivity contribution in [2.24, 2.45) is 0 Å². The highest BCUT2D eigenvalue weighted by atomic mass is 35.5. The van der Waals surface area contributed by atoms with Gasteiger partial charge in [0.1, 0.15) is 5.58 Å².